The molecule has 0 saturated carbocycles. The van der Waals surface area contributed by atoms with Crippen molar-refractivity contribution in [3.05, 3.63) is 35.5 Å². The molecule has 0 saturated heterocycles. The first-order valence-corrected chi connectivity index (χ1v) is 4.95. The molecule has 0 amide bonds. The fourth-order valence-corrected chi connectivity index (χ4v) is 1.93. The van der Waals surface area contributed by atoms with Gasteiger partial charge >= 0.3 is 0 Å². The number of carbonyl (C=O) groups excluding carboxylic acids is 1. The lowest BCUT2D eigenvalue weighted by Crippen LogP contribution is -2.17. The fourth-order valence-electron chi connectivity index (χ4n) is 1.93. The molecular weight excluding hydrogens is 172 g/mol. The molecule has 0 N–H and O–H groups in total. The highest BCUT2D eigenvalue weighted by atomic mass is 16.1. The maximum absolute atomic E-state index is 10.4. The van der Waals surface area contributed by atoms with Crippen molar-refractivity contribution in [2.24, 2.45) is 5.41 Å². The number of allylic oxidation sites excluding steroid dienone is 5. The Balaban J connectivity index is 3.03. The molecule has 0 aromatic rings. The van der Waals surface area contributed by atoms with Crippen LogP contribution in [0, 0.1) is 5.41 Å². The van der Waals surface area contributed by atoms with Crippen molar-refractivity contribution >= 4 is 6.29 Å². The van der Waals surface area contributed by atoms with Gasteiger partial charge in [0.25, 0.3) is 0 Å². The van der Waals surface area contributed by atoms with Crippen LogP contribution in [0.15, 0.2) is 35.5 Å². The van der Waals surface area contributed by atoms with Crippen LogP contribution in [0.5, 0.6) is 0 Å². The van der Waals surface area contributed by atoms with Crippen LogP contribution in [0.1, 0.15) is 33.6 Å². The van der Waals surface area contributed by atoms with Gasteiger partial charge in [-0.2, -0.15) is 0 Å². The van der Waals surface area contributed by atoms with E-state index in [-0.39, 0.29) is 5.41 Å². The summed E-state index contributed by atoms with van der Waals surface area (Å²) in [6.45, 7) is 10.4. The molecule has 1 aliphatic carbocycles. The molecule has 0 aromatic carbocycles. The zero-order chi connectivity index (χ0) is 10.8. The second kappa shape index (κ2) is 3.95. The molecule has 0 bridgehead atoms. The maximum Gasteiger partial charge on any atom is 0.143 e. The summed E-state index contributed by atoms with van der Waals surface area (Å²) >= 11 is 0. The Morgan fingerprint density at radius 1 is 1.50 bits per heavy atom. The standard InChI is InChI=1S/C13H18O/c1-10(2)12-7-11(5-6-14)8-13(3,4)9-12/h5-7H,1,8-9H2,2-4H3/b11-5+. The van der Waals surface area contributed by atoms with Crippen LogP contribution in [-0.4, -0.2) is 6.29 Å². The summed E-state index contributed by atoms with van der Waals surface area (Å²) in [6.07, 6.45) is 6.65. The third-order valence-electron chi connectivity index (χ3n) is 2.54. The summed E-state index contributed by atoms with van der Waals surface area (Å²) in [4.78, 5) is 10.4. The monoisotopic (exact) mass is 190 g/mol. The summed E-state index contributed by atoms with van der Waals surface area (Å²) in [6, 6.07) is 0. The first-order valence-electron chi connectivity index (χ1n) is 4.95. The third-order valence-corrected chi connectivity index (χ3v) is 2.54. The van der Waals surface area contributed by atoms with Crippen molar-refractivity contribution in [1.82, 2.24) is 0 Å². The highest BCUT2D eigenvalue weighted by Gasteiger charge is 2.25. The van der Waals surface area contributed by atoms with Crippen LogP contribution in [-0.2, 0) is 4.79 Å². The van der Waals surface area contributed by atoms with Gasteiger partial charge in [0.15, 0.2) is 0 Å². The van der Waals surface area contributed by atoms with Crippen molar-refractivity contribution in [1.29, 1.82) is 0 Å². The number of aldehydes is 1. The van der Waals surface area contributed by atoms with Gasteiger partial charge in [0.05, 0.1) is 0 Å². The molecule has 0 aliphatic heterocycles. The van der Waals surface area contributed by atoms with Crippen molar-refractivity contribution in [2.45, 2.75) is 33.6 Å². The van der Waals surface area contributed by atoms with Crippen LogP contribution < -0.4 is 0 Å². The molecule has 76 valence electrons. The topological polar surface area (TPSA) is 17.1 Å². The van der Waals surface area contributed by atoms with Crippen molar-refractivity contribution in [3.63, 3.8) is 0 Å². The van der Waals surface area contributed by atoms with Crippen molar-refractivity contribution in [3.8, 4) is 0 Å². The number of carbonyl (C=O) groups is 1. The molecule has 0 heterocycles. The van der Waals surface area contributed by atoms with E-state index >= 15 is 0 Å². The van der Waals surface area contributed by atoms with Gasteiger partial charge in [-0.1, -0.05) is 32.1 Å². The summed E-state index contributed by atoms with van der Waals surface area (Å²) in [7, 11) is 0. The van der Waals surface area contributed by atoms with Gasteiger partial charge in [-0.05, 0) is 42.4 Å². The first kappa shape index (κ1) is 11.0. The molecule has 0 aromatic heterocycles. The van der Waals surface area contributed by atoms with E-state index in [4.69, 9.17) is 0 Å². The predicted molar refractivity (Wildman–Crippen MR) is 60.1 cm³/mol. The molecule has 1 rings (SSSR count). The number of hydrogen-bond acceptors (Lipinski definition) is 1. The van der Waals surface area contributed by atoms with Crippen molar-refractivity contribution in [2.75, 3.05) is 0 Å². The highest BCUT2D eigenvalue weighted by molar-refractivity contribution is 5.67. The Bertz CT molecular complexity index is 316. The average molecular weight is 190 g/mol. The molecule has 0 fully saturated rings. The lowest BCUT2D eigenvalue weighted by Gasteiger charge is -2.31. The Hall–Kier alpha value is -1.11. The third kappa shape index (κ3) is 2.69. The van der Waals surface area contributed by atoms with Gasteiger partial charge < -0.3 is 0 Å². The molecule has 0 spiro atoms. The Morgan fingerprint density at radius 3 is 2.64 bits per heavy atom. The second-order valence-electron chi connectivity index (χ2n) is 4.85. The van der Waals surface area contributed by atoms with Crippen LogP contribution in [0.25, 0.3) is 0 Å². The SMILES string of the molecule is C=C(C)C1=C/C(=C\C=O)CC(C)(C)C1. The zero-order valence-electron chi connectivity index (χ0n) is 9.26. The van der Waals surface area contributed by atoms with Crippen molar-refractivity contribution < 1.29 is 4.79 Å². The lowest BCUT2D eigenvalue weighted by molar-refractivity contribution is -0.104. The molecule has 0 radical (unpaired) electrons. The Kier molecular flexibility index (Phi) is 3.10. The van der Waals surface area contributed by atoms with E-state index in [9.17, 15) is 4.79 Å². The van der Waals surface area contributed by atoms with E-state index in [2.05, 4.69) is 26.5 Å². The summed E-state index contributed by atoms with van der Waals surface area (Å²) < 4.78 is 0. The van der Waals surface area contributed by atoms with E-state index in [0.717, 1.165) is 30.3 Å². The van der Waals surface area contributed by atoms with Gasteiger partial charge in [-0.3, -0.25) is 4.79 Å². The lowest BCUT2D eigenvalue weighted by atomic mass is 9.74. The predicted octanol–water partition coefficient (Wildman–Crippen LogP) is 3.43. The van der Waals surface area contributed by atoms with Crippen LogP contribution in [0.3, 0.4) is 0 Å². The molecule has 14 heavy (non-hydrogen) atoms. The van der Waals surface area contributed by atoms with Gasteiger partial charge in [0, 0.05) is 0 Å². The van der Waals surface area contributed by atoms with Gasteiger partial charge in [-0.15, -0.1) is 0 Å². The molecule has 1 heteroatoms. The average Bonchev–Trinajstić information content (AvgIpc) is 2.01. The molecular formula is C13H18O. The maximum atomic E-state index is 10.4. The summed E-state index contributed by atoms with van der Waals surface area (Å²) in [5.74, 6) is 0. The van der Waals surface area contributed by atoms with Gasteiger partial charge in [0.1, 0.15) is 6.29 Å². The minimum Gasteiger partial charge on any atom is -0.299 e. The first-order chi connectivity index (χ1) is 6.44. The summed E-state index contributed by atoms with van der Waals surface area (Å²) in [5, 5.41) is 0. The normalized spacial score (nSPS) is 23.1. The van der Waals surface area contributed by atoms with Gasteiger partial charge in [0.2, 0.25) is 0 Å². The van der Waals surface area contributed by atoms with Crippen LogP contribution in [0.2, 0.25) is 0 Å². The highest BCUT2D eigenvalue weighted by Crippen LogP contribution is 2.39. The van der Waals surface area contributed by atoms with E-state index in [1.54, 1.807) is 6.08 Å². The largest absolute Gasteiger partial charge is 0.299 e. The number of rotatable bonds is 2. The van der Waals surface area contributed by atoms with Crippen LogP contribution in [0.4, 0.5) is 0 Å². The fraction of sp³-hybridized carbons (Fsp3) is 0.462. The molecule has 1 aliphatic rings. The quantitative estimate of drug-likeness (QED) is 0.481. The summed E-state index contributed by atoms with van der Waals surface area (Å²) in [5.41, 5.74) is 3.75. The second-order valence-corrected chi connectivity index (χ2v) is 4.85. The molecule has 1 nitrogen and oxygen atoms in total. The van der Waals surface area contributed by atoms with Gasteiger partial charge in [-0.25, -0.2) is 0 Å². The smallest absolute Gasteiger partial charge is 0.143 e. The van der Waals surface area contributed by atoms with Crippen LogP contribution >= 0.6 is 0 Å². The molecule has 0 unspecified atom stereocenters. The Morgan fingerprint density at radius 2 is 2.14 bits per heavy atom. The van der Waals surface area contributed by atoms with E-state index in [0.29, 0.717) is 0 Å². The molecule has 0 atom stereocenters. The van der Waals surface area contributed by atoms with E-state index in [1.807, 2.05) is 6.92 Å². The Labute approximate surface area is 86.2 Å². The van der Waals surface area contributed by atoms with E-state index in [1.165, 1.54) is 5.57 Å². The number of hydrogen-bond donors (Lipinski definition) is 0. The minimum atomic E-state index is 0.248. The minimum absolute atomic E-state index is 0.248. The van der Waals surface area contributed by atoms with E-state index < -0.39 is 0 Å². The zero-order valence-corrected chi connectivity index (χ0v) is 9.26.